The van der Waals surface area contributed by atoms with E-state index in [2.05, 4.69) is 5.32 Å². The standard InChI is InChI=1S/C31H38ClN3O4S/c1-7-27(30(37)33-31(4,5)6)34(20-24-13-10-11-22(2)19-24)29(36)21-35(28-14-9-8-12-23(28)3)40(38,39)26-17-15-25(32)16-18-26/h8-19,27H,7,20-21H2,1-6H3,(H,33,37)/t27-/m0/s1. The van der Waals surface area contributed by atoms with Crippen LogP contribution in [0.3, 0.4) is 0 Å². The van der Waals surface area contributed by atoms with Crippen LogP contribution in [0.5, 0.6) is 0 Å². The molecule has 214 valence electrons. The van der Waals surface area contributed by atoms with E-state index in [1.807, 2.05) is 65.0 Å². The van der Waals surface area contributed by atoms with Crippen LogP contribution >= 0.6 is 11.6 Å². The highest BCUT2D eigenvalue weighted by Gasteiger charge is 2.35. The van der Waals surface area contributed by atoms with Crippen molar-refractivity contribution in [3.8, 4) is 0 Å². The van der Waals surface area contributed by atoms with E-state index in [0.717, 1.165) is 15.4 Å². The Morgan fingerprint density at radius 3 is 2.17 bits per heavy atom. The van der Waals surface area contributed by atoms with Gasteiger partial charge in [0.2, 0.25) is 11.8 Å². The number of rotatable bonds is 10. The molecule has 3 aromatic rings. The maximum atomic E-state index is 14.1. The molecule has 0 bridgehead atoms. The summed E-state index contributed by atoms with van der Waals surface area (Å²) in [5.74, 6) is -0.780. The molecule has 3 aromatic carbocycles. The molecule has 40 heavy (non-hydrogen) atoms. The minimum absolute atomic E-state index is 0.00991. The second kappa shape index (κ2) is 12.9. The van der Waals surface area contributed by atoms with E-state index in [1.165, 1.54) is 29.2 Å². The number of carbonyl (C=O) groups excluding carboxylic acids is 2. The molecule has 0 fully saturated rings. The molecule has 0 saturated heterocycles. The molecule has 0 saturated carbocycles. The van der Waals surface area contributed by atoms with Crippen LogP contribution in [0.2, 0.25) is 5.02 Å². The molecule has 0 heterocycles. The Labute approximate surface area is 243 Å². The van der Waals surface area contributed by atoms with Crippen LogP contribution in [-0.4, -0.2) is 43.3 Å². The Kier molecular flexibility index (Phi) is 10.0. The third-order valence-corrected chi connectivity index (χ3v) is 8.41. The van der Waals surface area contributed by atoms with Crippen molar-refractivity contribution in [3.05, 3.63) is 94.5 Å². The molecule has 0 radical (unpaired) electrons. The van der Waals surface area contributed by atoms with E-state index in [9.17, 15) is 18.0 Å². The second-order valence-corrected chi connectivity index (χ2v) is 13.2. The van der Waals surface area contributed by atoms with Gasteiger partial charge in [0.05, 0.1) is 10.6 Å². The van der Waals surface area contributed by atoms with Crippen LogP contribution in [-0.2, 0) is 26.2 Å². The van der Waals surface area contributed by atoms with Crippen molar-refractivity contribution in [2.75, 3.05) is 10.8 Å². The molecule has 1 N–H and O–H groups in total. The van der Waals surface area contributed by atoms with Crippen LogP contribution < -0.4 is 9.62 Å². The SMILES string of the molecule is CC[C@@H](C(=O)NC(C)(C)C)N(Cc1cccc(C)c1)C(=O)CN(c1ccccc1C)S(=O)(=O)c1ccc(Cl)cc1. The van der Waals surface area contributed by atoms with E-state index in [1.54, 1.807) is 25.1 Å². The first-order valence-corrected chi connectivity index (χ1v) is 15.1. The molecule has 1 atom stereocenters. The highest BCUT2D eigenvalue weighted by molar-refractivity contribution is 7.92. The lowest BCUT2D eigenvalue weighted by Crippen LogP contribution is -2.55. The summed E-state index contributed by atoms with van der Waals surface area (Å²) in [6.07, 6.45) is 0.355. The van der Waals surface area contributed by atoms with Crippen molar-refractivity contribution in [3.63, 3.8) is 0 Å². The second-order valence-electron chi connectivity index (χ2n) is 10.9. The molecule has 0 aliphatic heterocycles. The number of halogens is 1. The third-order valence-electron chi connectivity index (χ3n) is 6.38. The van der Waals surface area contributed by atoms with Gasteiger partial charge in [-0.25, -0.2) is 8.42 Å². The zero-order valence-electron chi connectivity index (χ0n) is 23.9. The maximum Gasteiger partial charge on any atom is 0.264 e. The summed E-state index contributed by atoms with van der Waals surface area (Å²) < 4.78 is 29.0. The Bertz CT molecular complexity index is 1450. The molecule has 3 rings (SSSR count). The molecular formula is C31H38ClN3O4S. The highest BCUT2D eigenvalue weighted by Crippen LogP contribution is 2.28. The van der Waals surface area contributed by atoms with E-state index < -0.39 is 34.1 Å². The lowest BCUT2D eigenvalue weighted by atomic mass is 10.0. The van der Waals surface area contributed by atoms with Crippen molar-refractivity contribution in [1.82, 2.24) is 10.2 Å². The summed E-state index contributed by atoms with van der Waals surface area (Å²) in [5.41, 5.74) is 2.43. The Morgan fingerprint density at radius 1 is 0.950 bits per heavy atom. The number of para-hydroxylation sites is 1. The van der Waals surface area contributed by atoms with E-state index >= 15 is 0 Å². The van der Waals surface area contributed by atoms with Gasteiger partial charge in [0.25, 0.3) is 10.0 Å². The van der Waals surface area contributed by atoms with Crippen molar-refractivity contribution in [2.24, 2.45) is 0 Å². The quantitative estimate of drug-likeness (QED) is 0.323. The van der Waals surface area contributed by atoms with Crippen LogP contribution in [0.15, 0.2) is 77.7 Å². The summed E-state index contributed by atoms with van der Waals surface area (Å²) in [4.78, 5) is 29.0. The average Bonchev–Trinajstić information content (AvgIpc) is 2.86. The largest absolute Gasteiger partial charge is 0.350 e. The smallest absolute Gasteiger partial charge is 0.264 e. The topological polar surface area (TPSA) is 86.8 Å². The Hall–Kier alpha value is -3.36. The molecule has 7 nitrogen and oxygen atoms in total. The van der Waals surface area contributed by atoms with Gasteiger partial charge >= 0.3 is 0 Å². The predicted molar refractivity (Wildman–Crippen MR) is 161 cm³/mol. The van der Waals surface area contributed by atoms with Crippen LogP contribution in [0.1, 0.15) is 50.8 Å². The molecule has 2 amide bonds. The van der Waals surface area contributed by atoms with Gasteiger partial charge in [-0.3, -0.25) is 13.9 Å². The Balaban J connectivity index is 2.09. The van der Waals surface area contributed by atoms with Crippen molar-refractivity contribution in [1.29, 1.82) is 0 Å². The van der Waals surface area contributed by atoms with E-state index in [4.69, 9.17) is 11.6 Å². The van der Waals surface area contributed by atoms with Crippen LogP contribution in [0, 0.1) is 13.8 Å². The first-order chi connectivity index (χ1) is 18.7. The van der Waals surface area contributed by atoms with Crippen molar-refractivity contribution < 1.29 is 18.0 Å². The Morgan fingerprint density at radius 2 is 1.60 bits per heavy atom. The number of hydrogen-bond acceptors (Lipinski definition) is 4. The van der Waals surface area contributed by atoms with Crippen molar-refractivity contribution in [2.45, 2.75) is 71.0 Å². The van der Waals surface area contributed by atoms with Crippen molar-refractivity contribution >= 4 is 39.1 Å². The summed E-state index contributed by atoms with van der Waals surface area (Å²) >= 11 is 6.02. The fourth-order valence-electron chi connectivity index (χ4n) is 4.47. The molecule has 0 spiro atoms. The molecule has 0 aliphatic carbocycles. The molecule has 0 unspecified atom stereocenters. The minimum atomic E-state index is -4.16. The summed E-state index contributed by atoms with van der Waals surface area (Å²) in [6.45, 7) is 10.9. The van der Waals surface area contributed by atoms with Gasteiger partial charge < -0.3 is 10.2 Å². The predicted octanol–water partition coefficient (Wildman–Crippen LogP) is 5.87. The van der Waals surface area contributed by atoms with Gasteiger partial charge in [0, 0.05) is 17.1 Å². The number of sulfonamides is 1. The van der Waals surface area contributed by atoms with Gasteiger partial charge in [-0.2, -0.15) is 0 Å². The molecule has 9 heteroatoms. The lowest BCUT2D eigenvalue weighted by Gasteiger charge is -2.35. The summed E-state index contributed by atoms with van der Waals surface area (Å²) in [7, 11) is -4.16. The van der Waals surface area contributed by atoms with Crippen LogP contribution in [0.4, 0.5) is 5.69 Å². The van der Waals surface area contributed by atoms with E-state index in [-0.39, 0.29) is 17.3 Å². The van der Waals surface area contributed by atoms with Gasteiger partial charge in [-0.1, -0.05) is 66.6 Å². The van der Waals surface area contributed by atoms with Gasteiger partial charge in [0.15, 0.2) is 0 Å². The number of nitrogens with one attached hydrogen (secondary N) is 1. The van der Waals surface area contributed by atoms with E-state index in [0.29, 0.717) is 22.7 Å². The highest BCUT2D eigenvalue weighted by atomic mass is 35.5. The molecular weight excluding hydrogens is 546 g/mol. The summed E-state index contributed by atoms with van der Waals surface area (Å²) in [6, 6.07) is 19.7. The zero-order valence-corrected chi connectivity index (χ0v) is 25.5. The third kappa shape index (κ3) is 7.86. The first kappa shape index (κ1) is 31.2. The zero-order chi connectivity index (χ0) is 29.7. The average molecular weight is 584 g/mol. The number of nitrogens with zero attached hydrogens (tertiary/aromatic N) is 2. The molecule has 0 aliphatic rings. The number of anilines is 1. The lowest BCUT2D eigenvalue weighted by molar-refractivity contribution is -0.141. The maximum absolute atomic E-state index is 14.1. The van der Waals surface area contributed by atoms with Crippen LogP contribution in [0.25, 0.3) is 0 Å². The fraction of sp³-hybridized carbons (Fsp3) is 0.355. The number of carbonyl (C=O) groups is 2. The normalized spacial score (nSPS) is 12.5. The number of amides is 2. The number of hydrogen-bond donors (Lipinski definition) is 1. The van der Waals surface area contributed by atoms with Gasteiger partial charge in [-0.05, 0) is 82.5 Å². The number of benzene rings is 3. The van der Waals surface area contributed by atoms with Gasteiger partial charge in [-0.15, -0.1) is 0 Å². The fourth-order valence-corrected chi connectivity index (χ4v) is 6.07. The minimum Gasteiger partial charge on any atom is -0.350 e. The number of aryl methyl sites for hydroxylation is 2. The monoisotopic (exact) mass is 583 g/mol. The first-order valence-electron chi connectivity index (χ1n) is 13.2. The van der Waals surface area contributed by atoms with Gasteiger partial charge in [0.1, 0.15) is 12.6 Å². The molecule has 0 aromatic heterocycles. The summed E-state index contributed by atoms with van der Waals surface area (Å²) in [5, 5.41) is 3.38.